The molecule has 1 heterocycles. The van der Waals surface area contributed by atoms with E-state index >= 15 is 0 Å². The number of aryl methyl sites for hydroxylation is 1. The summed E-state index contributed by atoms with van der Waals surface area (Å²) in [7, 11) is 0. The molecular weight excluding hydrogens is 150 g/mol. The van der Waals surface area contributed by atoms with Crippen LogP contribution in [0.3, 0.4) is 0 Å². The lowest BCUT2D eigenvalue weighted by Crippen LogP contribution is -2.02. The molecule has 0 bridgehead atoms. The molecular formula is C10H15NO. The van der Waals surface area contributed by atoms with Crippen LogP contribution in [0.4, 0.5) is 0 Å². The van der Waals surface area contributed by atoms with Gasteiger partial charge < -0.3 is 5.11 Å². The Kier molecular flexibility index (Phi) is 3.23. The summed E-state index contributed by atoms with van der Waals surface area (Å²) < 4.78 is 0. The SMILES string of the molecule is CCc1cccnc1[C@H](O)CC. The van der Waals surface area contributed by atoms with Crippen molar-refractivity contribution in [2.24, 2.45) is 0 Å². The van der Waals surface area contributed by atoms with Gasteiger partial charge in [0.05, 0.1) is 11.8 Å². The zero-order valence-corrected chi connectivity index (χ0v) is 7.62. The van der Waals surface area contributed by atoms with Crippen LogP contribution >= 0.6 is 0 Å². The smallest absolute Gasteiger partial charge is 0.0959 e. The quantitative estimate of drug-likeness (QED) is 0.744. The summed E-state index contributed by atoms with van der Waals surface area (Å²) in [5.41, 5.74) is 1.98. The van der Waals surface area contributed by atoms with Crippen molar-refractivity contribution in [2.45, 2.75) is 32.8 Å². The van der Waals surface area contributed by atoms with Crippen LogP contribution in [-0.4, -0.2) is 10.1 Å². The Labute approximate surface area is 73.3 Å². The second-order valence-corrected chi connectivity index (χ2v) is 2.83. The minimum atomic E-state index is -0.402. The summed E-state index contributed by atoms with van der Waals surface area (Å²) in [5, 5.41) is 9.58. The first-order valence-electron chi connectivity index (χ1n) is 4.41. The molecule has 2 nitrogen and oxygen atoms in total. The average Bonchev–Trinajstić information content (AvgIpc) is 2.16. The Morgan fingerprint density at radius 3 is 2.83 bits per heavy atom. The fourth-order valence-electron chi connectivity index (χ4n) is 1.24. The second kappa shape index (κ2) is 4.21. The van der Waals surface area contributed by atoms with E-state index in [1.807, 2.05) is 19.1 Å². The largest absolute Gasteiger partial charge is 0.387 e. The molecule has 1 atom stereocenters. The molecule has 0 saturated heterocycles. The lowest BCUT2D eigenvalue weighted by Gasteiger charge is -2.10. The van der Waals surface area contributed by atoms with Crippen LogP contribution in [0.15, 0.2) is 18.3 Å². The van der Waals surface area contributed by atoms with Gasteiger partial charge in [0.1, 0.15) is 0 Å². The maximum atomic E-state index is 9.58. The maximum absolute atomic E-state index is 9.58. The Hall–Kier alpha value is -0.890. The Bertz CT molecular complexity index is 247. The van der Waals surface area contributed by atoms with E-state index in [1.165, 1.54) is 0 Å². The molecule has 0 saturated carbocycles. The molecule has 0 fully saturated rings. The van der Waals surface area contributed by atoms with Crippen LogP contribution in [-0.2, 0) is 6.42 Å². The summed E-state index contributed by atoms with van der Waals surface area (Å²) in [6.45, 7) is 4.03. The molecule has 1 aromatic rings. The zero-order chi connectivity index (χ0) is 8.97. The van der Waals surface area contributed by atoms with E-state index in [4.69, 9.17) is 0 Å². The van der Waals surface area contributed by atoms with Crippen LogP contribution < -0.4 is 0 Å². The van der Waals surface area contributed by atoms with E-state index in [1.54, 1.807) is 6.20 Å². The summed E-state index contributed by atoms with van der Waals surface area (Å²) >= 11 is 0. The molecule has 0 aromatic carbocycles. The number of aromatic nitrogens is 1. The molecule has 2 heteroatoms. The van der Waals surface area contributed by atoms with E-state index in [9.17, 15) is 5.11 Å². The number of nitrogens with zero attached hydrogens (tertiary/aromatic N) is 1. The molecule has 0 aliphatic carbocycles. The molecule has 0 spiro atoms. The number of hydrogen-bond acceptors (Lipinski definition) is 2. The predicted molar refractivity (Wildman–Crippen MR) is 48.9 cm³/mol. The topological polar surface area (TPSA) is 33.1 Å². The monoisotopic (exact) mass is 165 g/mol. The third-order valence-electron chi connectivity index (χ3n) is 2.01. The number of aliphatic hydroxyl groups is 1. The Morgan fingerprint density at radius 1 is 1.50 bits per heavy atom. The molecule has 0 aliphatic rings. The molecule has 0 unspecified atom stereocenters. The average molecular weight is 165 g/mol. The van der Waals surface area contributed by atoms with Gasteiger partial charge in [0.15, 0.2) is 0 Å². The molecule has 0 aliphatic heterocycles. The molecule has 66 valence electrons. The van der Waals surface area contributed by atoms with Gasteiger partial charge in [0, 0.05) is 6.20 Å². The highest BCUT2D eigenvalue weighted by Crippen LogP contribution is 2.17. The van der Waals surface area contributed by atoms with Crippen LogP contribution in [0.2, 0.25) is 0 Å². The fraction of sp³-hybridized carbons (Fsp3) is 0.500. The van der Waals surface area contributed by atoms with Crippen molar-refractivity contribution in [1.82, 2.24) is 4.98 Å². The van der Waals surface area contributed by atoms with Crippen LogP contribution in [0.5, 0.6) is 0 Å². The van der Waals surface area contributed by atoms with Gasteiger partial charge in [-0.2, -0.15) is 0 Å². The van der Waals surface area contributed by atoms with Gasteiger partial charge >= 0.3 is 0 Å². The predicted octanol–water partition coefficient (Wildman–Crippen LogP) is 2.09. The Balaban J connectivity index is 2.96. The van der Waals surface area contributed by atoms with Crippen molar-refractivity contribution in [3.63, 3.8) is 0 Å². The van der Waals surface area contributed by atoms with Crippen LogP contribution in [0.25, 0.3) is 0 Å². The molecule has 12 heavy (non-hydrogen) atoms. The number of pyridine rings is 1. The van der Waals surface area contributed by atoms with Gasteiger partial charge in [-0.15, -0.1) is 0 Å². The number of hydrogen-bond donors (Lipinski definition) is 1. The van der Waals surface area contributed by atoms with E-state index in [0.717, 1.165) is 24.1 Å². The minimum Gasteiger partial charge on any atom is -0.387 e. The van der Waals surface area contributed by atoms with Crippen molar-refractivity contribution >= 4 is 0 Å². The summed E-state index contributed by atoms with van der Waals surface area (Å²) in [6, 6.07) is 3.92. The van der Waals surface area contributed by atoms with Gasteiger partial charge in [-0.1, -0.05) is 19.9 Å². The zero-order valence-electron chi connectivity index (χ0n) is 7.62. The van der Waals surface area contributed by atoms with Gasteiger partial charge in [0.25, 0.3) is 0 Å². The third-order valence-corrected chi connectivity index (χ3v) is 2.01. The molecule has 1 aromatic heterocycles. The summed E-state index contributed by atoms with van der Waals surface area (Å²) in [4.78, 5) is 4.17. The van der Waals surface area contributed by atoms with Gasteiger partial charge in [-0.05, 0) is 24.5 Å². The van der Waals surface area contributed by atoms with Crippen LogP contribution in [0, 0.1) is 0 Å². The van der Waals surface area contributed by atoms with Crippen molar-refractivity contribution in [3.8, 4) is 0 Å². The lowest BCUT2D eigenvalue weighted by atomic mass is 10.1. The Morgan fingerprint density at radius 2 is 2.25 bits per heavy atom. The first kappa shape index (κ1) is 9.20. The minimum absolute atomic E-state index is 0.402. The first-order valence-corrected chi connectivity index (χ1v) is 4.41. The highest BCUT2D eigenvalue weighted by atomic mass is 16.3. The summed E-state index contributed by atoms with van der Waals surface area (Å²) in [5.74, 6) is 0. The van der Waals surface area contributed by atoms with Crippen molar-refractivity contribution in [2.75, 3.05) is 0 Å². The molecule has 1 rings (SSSR count). The van der Waals surface area contributed by atoms with E-state index < -0.39 is 6.10 Å². The van der Waals surface area contributed by atoms with Crippen molar-refractivity contribution in [1.29, 1.82) is 0 Å². The standard InChI is InChI=1S/C10H15NO/c1-3-8-6-5-7-11-10(8)9(12)4-2/h5-7,9,12H,3-4H2,1-2H3/t9-/m1/s1. The maximum Gasteiger partial charge on any atom is 0.0959 e. The fourth-order valence-corrected chi connectivity index (χ4v) is 1.24. The lowest BCUT2D eigenvalue weighted by molar-refractivity contribution is 0.168. The van der Waals surface area contributed by atoms with Crippen molar-refractivity contribution in [3.05, 3.63) is 29.6 Å². The normalized spacial score (nSPS) is 12.9. The highest BCUT2D eigenvalue weighted by Gasteiger charge is 2.09. The molecule has 1 N–H and O–H groups in total. The van der Waals surface area contributed by atoms with E-state index in [-0.39, 0.29) is 0 Å². The van der Waals surface area contributed by atoms with Gasteiger partial charge in [-0.25, -0.2) is 0 Å². The highest BCUT2D eigenvalue weighted by molar-refractivity contribution is 5.21. The molecule has 0 amide bonds. The third kappa shape index (κ3) is 1.83. The second-order valence-electron chi connectivity index (χ2n) is 2.83. The van der Waals surface area contributed by atoms with Gasteiger partial charge in [0.2, 0.25) is 0 Å². The number of aliphatic hydroxyl groups excluding tert-OH is 1. The van der Waals surface area contributed by atoms with Crippen LogP contribution in [0.1, 0.15) is 37.6 Å². The van der Waals surface area contributed by atoms with Gasteiger partial charge in [-0.3, -0.25) is 4.98 Å². The summed E-state index contributed by atoms with van der Waals surface area (Å²) in [6.07, 6.45) is 2.98. The first-order chi connectivity index (χ1) is 5.79. The van der Waals surface area contributed by atoms with E-state index in [2.05, 4.69) is 11.9 Å². The van der Waals surface area contributed by atoms with E-state index in [0.29, 0.717) is 0 Å². The molecule has 0 radical (unpaired) electrons. The number of rotatable bonds is 3. The van der Waals surface area contributed by atoms with Crippen molar-refractivity contribution < 1.29 is 5.11 Å².